The maximum Gasteiger partial charge on any atom is 0.222 e. The Hall–Kier alpha value is -2.06. The van der Waals surface area contributed by atoms with Crippen LogP contribution in [0.2, 0.25) is 0 Å². The topological polar surface area (TPSA) is 65.4 Å². The molecule has 130 valence electrons. The summed E-state index contributed by atoms with van der Waals surface area (Å²) in [7, 11) is 0. The van der Waals surface area contributed by atoms with Crippen LogP contribution in [-0.4, -0.2) is 43.1 Å². The monoisotopic (exact) mass is 329 g/mol. The average molecular weight is 329 g/mol. The van der Waals surface area contributed by atoms with Gasteiger partial charge in [0.1, 0.15) is 5.75 Å². The van der Waals surface area contributed by atoms with Crippen molar-refractivity contribution in [1.82, 2.24) is 10.2 Å². The van der Waals surface area contributed by atoms with E-state index < -0.39 is 0 Å². The molecule has 2 rings (SSSR count). The second-order valence-electron chi connectivity index (χ2n) is 6.64. The normalized spacial score (nSPS) is 18.2. The number of ether oxygens (including phenoxy) is 1. The van der Waals surface area contributed by atoms with Gasteiger partial charge in [0.05, 0.1) is 18.2 Å². The van der Waals surface area contributed by atoms with Crippen LogP contribution in [0.25, 0.3) is 0 Å². The summed E-state index contributed by atoms with van der Waals surface area (Å²) in [4.78, 5) is 14.2. The molecule has 1 aromatic carbocycles. The number of rotatable bonds is 7. The van der Waals surface area contributed by atoms with Crippen molar-refractivity contribution in [3.05, 3.63) is 29.8 Å². The quantitative estimate of drug-likeness (QED) is 0.781. The molecule has 0 aliphatic carbocycles. The molecule has 1 aliphatic rings. The minimum Gasteiger partial charge on any atom is -0.494 e. The predicted molar refractivity (Wildman–Crippen MR) is 93.7 cm³/mol. The Morgan fingerprint density at radius 2 is 2.33 bits per heavy atom. The van der Waals surface area contributed by atoms with Crippen LogP contribution in [0.4, 0.5) is 0 Å². The van der Waals surface area contributed by atoms with Crippen LogP contribution in [0.5, 0.6) is 5.75 Å². The van der Waals surface area contributed by atoms with Gasteiger partial charge in [0.25, 0.3) is 0 Å². The van der Waals surface area contributed by atoms with Crippen LogP contribution in [0.1, 0.15) is 38.7 Å². The highest BCUT2D eigenvalue weighted by Gasteiger charge is 2.21. The van der Waals surface area contributed by atoms with Crippen molar-refractivity contribution in [3.63, 3.8) is 0 Å². The smallest absolute Gasteiger partial charge is 0.222 e. The van der Waals surface area contributed by atoms with Crippen molar-refractivity contribution in [2.24, 2.45) is 5.92 Å². The van der Waals surface area contributed by atoms with Crippen molar-refractivity contribution in [2.75, 3.05) is 26.2 Å². The Kier molecular flexibility index (Phi) is 7.07. The van der Waals surface area contributed by atoms with Crippen LogP contribution in [0.3, 0.4) is 0 Å². The number of carbonyl (C=O) groups is 1. The summed E-state index contributed by atoms with van der Waals surface area (Å²) in [6.07, 6.45) is 3.11. The number of piperidine rings is 1. The zero-order valence-corrected chi connectivity index (χ0v) is 14.6. The van der Waals surface area contributed by atoms with Gasteiger partial charge >= 0.3 is 0 Å². The van der Waals surface area contributed by atoms with Gasteiger partial charge in [-0.25, -0.2) is 0 Å². The predicted octanol–water partition coefficient (Wildman–Crippen LogP) is 2.56. The number of carbonyl (C=O) groups excluding carboxylic acids is 1. The van der Waals surface area contributed by atoms with Crippen molar-refractivity contribution in [2.45, 2.75) is 39.2 Å². The highest BCUT2D eigenvalue weighted by molar-refractivity contribution is 5.78. The maximum absolute atomic E-state index is 11.8. The summed E-state index contributed by atoms with van der Waals surface area (Å²) in [5.41, 5.74) is 0.618. The minimum absolute atomic E-state index is 0.0398. The van der Waals surface area contributed by atoms with Gasteiger partial charge in [0.15, 0.2) is 0 Å². The first-order chi connectivity index (χ1) is 11.6. The number of amides is 1. The van der Waals surface area contributed by atoms with E-state index in [0.29, 0.717) is 12.2 Å². The summed E-state index contributed by atoms with van der Waals surface area (Å²) in [6, 6.07) is 9.62. The third kappa shape index (κ3) is 5.86. The van der Waals surface area contributed by atoms with Gasteiger partial charge in [-0.1, -0.05) is 19.9 Å². The number of benzene rings is 1. The van der Waals surface area contributed by atoms with E-state index in [4.69, 9.17) is 10.00 Å². The molecule has 24 heavy (non-hydrogen) atoms. The van der Waals surface area contributed by atoms with E-state index in [1.54, 1.807) is 12.1 Å². The third-order valence-electron chi connectivity index (χ3n) is 4.23. The Morgan fingerprint density at radius 1 is 1.50 bits per heavy atom. The Bertz CT molecular complexity index is 580. The molecule has 0 spiro atoms. The maximum atomic E-state index is 11.8. The van der Waals surface area contributed by atoms with Gasteiger partial charge in [-0.2, -0.15) is 5.26 Å². The molecule has 0 saturated carbocycles. The molecule has 1 N–H and O–H groups in total. The molecule has 1 aliphatic heterocycles. The molecular weight excluding hydrogens is 302 g/mol. The van der Waals surface area contributed by atoms with E-state index in [-0.39, 0.29) is 17.9 Å². The largest absolute Gasteiger partial charge is 0.494 e. The van der Waals surface area contributed by atoms with E-state index in [0.717, 1.165) is 44.6 Å². The lowest BCUT2D eigenvalue weighted by Gasteiger charge is -2.33. The molecule has 0 aromatic heterocycles. The number of hydrogen-bond acceptors (Lipinski definition) is 4. The zero-order valence-electron chi connectivity index (χ0n) is 14.6. The fraction of sp³-hybridized carbons (Fsp3) is 0.579. The first kappa shape index (κ1) is 18.3. The molecule has 1 aromatic rings. The minimum atomic E-state index is 0.0398. The van der Waals surface area contributed by atoms with E-state index in [1.807, 2.05) is 26.0 Å². The van der Waals surface area contributed by atoms with Crippen molar-refractivity contribution in [3.8, 4) is 11.8 Å². The lowest BCUT2D eigenvalue weighted by Crippen LogP contribution is -2.48. The first-order valence-corrected chi connectivity index (χ1v) is 8.74. The summed E-state index contributed by atoms with van der Waals surface area (Å²) in [5.74, 6) is 0.926. The van der Waals surface area contributed by atoms with Crippen LogP contribution in [-0.2, 0) is 4.79 Å². The highest BCUT2D eigenvalue weighted by atomic mass is 16.5. The van der Waals surface area contributed by atoms with Gasteiger partial charge < -0.3 is 15.0 Å². The highest BCUT2D eigenvalue weighted by Crippen LogP contribution is 2.14. The number of nitriles is 1. The van der Waals surface area contributed by atoms with Gasteiger partial charge in [-0.15, -0.1) is 0 Å². The molecule has 5 nitrogen and oxygen atoms in total. The van der Waals surface area contributed by atoms with E-state index in [2.05, 4.69) is 16.3 Å². The number of likely N-dealkylation sites (tertiary alicyclic amines) is 1. The molecule has 1 atom stereocenters. The molecular formula is C19H27N3O2. The fourth-order valence-electron chi connectivity index (χ4n) is 2.88. The van der Waals surface area contributed by atoms with E-state index in [1.165, 1.54) is 0 Å². The van der Waals surface area contributed by atoms with Crippen LogP contribution in [0.15, 0.2) is 24.3 Å². The van der Waals surface area contributed by atoms with Crippen molar-refractivity contribution in [1.29, 1.82) is 5.26 Å². The summed E-state index contributed by atoms with van der Waals surface area (Å²) >= 11 is 0. The molecule has 0 bridgehead atoms. The second-order valence-corrected chi connectivity index (χ2v) is 6.64. The molecule has 1 fully saturated rings. The third-order valence-corrected chi connectivity index (χ3v) is 4.23. The summed E-state index contributed by atoms with van der Waals surface area (Å²) < 4.78 is 5.71. The second kappa shape index (κ2) is 9.29. The molecule has 1 unspecified atom stereocenters. The summed E-state index contributed by atoms with van der Waals surface area (Å²) in [5, 5.41) is 12.0. The first-order valence-electron chi connectivity index (χ1n) is 8.74. The molecule has 5 heteroatoms. The van der Waals surface area contributed by atoms with E-state index in [9.17, 15) is 4.79 Å². The zero-order chi connectivity index (χ0) is 17.4. The summed E-state index contributed by atoms with van der Waals surface area (Å²) in [6.45, 7) is 7.45. The molecule has 0 radical (unpaired) electrons. The lowest BCUT2D eigenvalue weighted by atomic mass is 10.0. The Morgan fingerprint density at radius 3 is 3.08 bits per heavy atom. The Balaban J connectivity index is 1.68. The fourth-order valence-corrected chi connectivity index (χ4v) is 2.88. The molecule has 1 heterocycles. The molecule has 1 saturated heterocycles. The van der Waals surface area contributed by atoms with Gasteiger partial charge in [0, 0.05) is 25.0 Å². The van der Waals surface area contributed by atoms with Gasteiger partial charge in [-0.3, -0.25) is 4.79 Å². The van der Waals surface area contributed by atoms with E-state index >= 15 is 0 Å². The SMILES string of the molecule is CC(C)C(=O)NC1CCCN(CCCOc2cccc(C#N)c2)C1. The van der Waals surface area contributed by atoms with Crippen molar-refractivity contribution < 1.29 is 9.53 Å². The van der Waals surface area contributed by atoms with Gasteiger partial charge in [-0.05, 0) is 44.0 Å². The number of nitrogens with zero attached hydrogens (tertiary/aromatic N) is 2. The number of nitrogens with one attached hydrogen (secondary N) is 1. The standard InChI is InChI=1S/C19H27N3O2/c1-15(2)19(23)21-17-7-4-9-22(14-17)10-5-11-24-18-8-3-6-16(12-18)13-20/h3,6,8,12,15,17H,4-5,7,9-11,14H2,1-2H3,(H,21,23). The molecule has 1 amide bonds. The van der Waals surface area contributed by atoms with Crippen LogP contribution in [0, 0.1) is 17.2 Å². The Labute approximate surface area is 144 Å². The lowest BCUT2D eigenvalue weighted by molar-refractivity contribution is -0.125. The van der Waals surface area contributed by atoms with Crippen molar-refractivity contribution >= 4 is 5.91 Å². The van der Waals surface area contributed by atoms with Crippen LogP contribution >= 0.6 is 0 Å². The average Bonchev–Trinajstić information content (AvgIpc) is 2.59. The number of hydrogen-bond donors (Lipinski definition) is 1. The van der Waals surface area contributed by atoms with Crippen LogP contribution < -0.4 is 10.1 Å². The van der Waals surface area contributed by atoms with Gasteiger partial charge in [0.2, 0.25) is 5.91 Å².